The second-order valence-electron chi connectivity index (χ2n) is 5.98. The third kappa shape index (κ3) is 4.15. The van der Waals surface area contributed by atoms with Gasteiger partial charge in [0.15, 0.2) is 17.5 Å². The number of hydrogen-bond acceptors (Lipinski definition) is 7. The molecule has 3 rings (SSSR count). The molecule has 8 nitrogen and oxygen atoms in total. The first kappa shape index (κ1) is 19.8. The molecule has 0 radical (unpaired) electrons. The zero-order chi connectivity index (χ0) is 20.4. The average Bonchev–Trinajstić information content (AvgIpc) is 3.05. The summed E-state index contributed by atoms with van der Waals surface area (Å²) >= 11 is 7.23. The van der Waals surface area contributed by atoms with Gasteiger partial charge in [0, 0.05) is 11.1 Å². The number of aryl methyl sites for hydroxylation is 2. The highest BCUT2D eigenvalue weighted by Crippen LogP contribution is 2.36. The van der Waals surface area contributed by atoms with Crippen LogP contribution in [0.3, 0.4) is 0 Å². The van der Waals surface area contributed by atoms with Gasteiger partial charge < -0.3 is 9.47 Å². The Balaban J connectivity index is 1.73. The number of non-ortho nitro benzene ring substituents is 1. The second kappa shape index (κ2) is 7.99. The number of nitrogens with one attached hydrogen (secondary N) is 1. The van der Waals surface area contributed by atoms with Crippen LogP contribution in [0.5, 0.6) is 11.5 Å². The molecule has 2 aromatic carbocycles. The molecule has 28 heavy (non-hydrogen) atoms. The summed E-state index contributed by atoms with van der Waals surface area (Å²) in [5, 5.41) is 14.6. The highest BCUT2D eigenvalue weighted by molar-refractivity contribution is 7.22. The Morgan fingerprint density at radius 3 is 2.57 bits per heavy atom. The number of aromatic nitrogens is 1. The molecule has 3 aromatic rings. The first-order valence-corrected chi connectivity index (χ1v) is 9.30. The Bertz CT molecular complexity index is 1060. The van der Waals surface area contributed by atoms with Gasteiger partial charge in [0.25, 0.3) is 11.6 Å². The average molecular weight is 422 g/mol. The molecule has 0 aliphatic rings. The number of amides is 1. The molecule has 0 fully saturated rings. The number of halogens is 1. The summed E-state index contributed by atoms with van der Waals surface area (Å²) < 4.78 is 11.2. The van der Waals surface area contributed by atoms with Crippen LogP contribution in [0.15, 0.2) is 24.3 Å². The molecule has 1 heterocycles. The molecule has 0 saturated heterocycles. The van der Waals surface area contributed by atoms with Crippen LogP contribution in [0, 0.1) is 24.0 Å². The number of nitro benzene ring substituents is 1. The van der Waals surface area contributed by atoms with Crippen molar-refractivity contribution in [2.45, 2.75) is 13.8 Å². The molecule has 10 heteroatoms. The lowest BCUT2D eigenvalue weighted by Crippen LogP contribution is -2.20. The third-order valence-electron chi connectivity index (χ3n) is 3.90. The van der Waals surface area contributed by atoms with E-state index in [2.05, 4.69) is 10.3 Å². The fourth-order valence-corrected chi connectivity index (χ4v) is 3.63. The van der Waals surface area contributed by atoms with Gasteiger partial charge in [-0.25, -0.2) is 4.98 Å². The lowest BCUT2D eigenvalue weighted by molar-refractivity contribution is -0.384. The summed E-state index contributed by atoms with van der Waals surface area (Å²) in [5.41, 5.74) is 2.05. The minimum atomic E-state index is -0.510. The van der Waals surface area contributed by atoms with Crippen molar-refractivity contribution in [3.05, 3.63) is 50.5 Å². The van der Waals surface area contributed by atoms with Crippen molar-refractivity contribution in [3.8, 4) is 11.5 Å². The van der Waals surface area contributed by atoms with E-state index in [-0.39, 0.29) is 18.0 Å². The Morgan fingerprint density at radius 2 is 1.96 bits per heavy atom. The van der Waals surface area contributed by atoms with Gasteiger partial charge in [-0.1, -0.05) is 22.9 Å². The molecule has 0 spiro atoms. The number of nitro groups is 1. The van der Waals surface area contributed by atoms with Gasteiger partial charge in [-0.2, -0.15) is 0 Å². The van der Waals surface area contributed by atoms with Gasteiger partial charge in [0.05, 0.1) is 22.8 Å². The first-order chi connectivity index (χ1) is 13.3. The van der Waals surface area contributed by atoms with Gasteiger partial charge in [-0.3, -0.25) is 20.2 Å². The molecule has 1 amide bonds. The highest BCUT2D eigenvalue weighted by Gasteiger charge is 2.17. The Hall–Kier alpha value is -2.91. The van der Waals surface area contributed by atoms with Crippen LogP contribution in [0.2, 0.25) is 5.02 Å². The number of thiazole rings is 1. The van der Waals surface area contributed by atoms with Crippen molar-refractivity contribution < 1.29 is 19.2 Å². The van der Waals surface area contributed by atoms with E-state index >= 15 is 0 Å². The number of carbonyl (C=O) groups excluding carboxylic acids is 1. The maximum Gasteiger partial charge on any atom is 0.274 e. The summed E-state index contributed by atoms with van der Waals surface area (Å²) in [5.74, 6) is 0.401. The molecule has 0 aliphatic carbocycles. The van der Waals surface area contributed by atoms with Crippen LogP contribution in [-0.4, -0.2) is 29.5 Å². The molecule has 0 unspecified atom stereocenters. The zero-order valence-corrected chi connectivity index (χ0v) is 16.8. The van der Waals surface area contributed by atoms with Crippen LogP contribution in [0.25, 0.3) is 10.2 Å². The van der Waals surface area contributed by atoms with E-state index < -0.39 is 10.8 Å². The SMILES string of the molecule is COc1cc([N+](=O)[O-])cc2sc(NC(=O)COc3cc(C)c(Cl)c(C)c3)nc12. The standard InChI is InChI=1S/C18H16ClN3O5S/c1-9-4-12(5-10(2)16(9)19)27-8-15(23)20-18-21-17-13(26-3)6-11(22(24)25)7-14(17)28-18/h4-7H,8H2,1-3H3,(H,20,21,23). The van der Waals surface area contributed by atoms with Crippen LogP contribution in [0.1, 0.15) is 11.1 Å². The smallest absolute Gasteiger partial charge is 0.274 e. The van der Waals surface area contributed by atoms with Gasteiger partial charge in [-0.15, -0.1) is 0 Å². The number of carbonyl (C=O) groups is 1. The molecule has 146 valence electrons. The molecule has 0 saturated carbocycles. The summed E-state index contributed by atoms with van der Waals surface area (Å²) in [4.78, 5) is 27.0. The van der Waals surface area contributed by atoms with Gasteiger partial charge >= 0.3 is 0 Å². The lowest BCUT2D eigenvalue weighted by Gasteiger charge is -2.09. The van der Waals surface area contributed by atoms with E-state index in [0.29, 0.717) is 26.1 Å². The van der Waals surface area contributed by atoms with Crippen LogP contribution in [-0.2, 0) is 4.79 Å². The number of ether oxygens (including phenoxy) is 2. The lowest BCUT2D eigenvalue weighted by atomic mass is 10.1. The number of hydrogen-bond donors (Lipinski definition) is 1. The van der Waals surface area contributed by atoms with Crippen molar-refractivity contribution in [2.24, 2.45) is 0 Å². The quantitative estimate of drug-likeness (QED) is 0.464. The van der Waals surface area contributed by atoms with Gasteiger partial charge in [-0.05, 0) is 37.1 Å². The number of rotatable bonds is 6. The number of fused-ring (bicyclic) bond motifs is 1. The Morgan fingerprint density at radius 1 is 1.29 bits per heavy atom. The van der Waals surface area contributed by atoms with Gasteiger partial charge in [0.1, 0.15) is 11.3 Å². The molecular weight excluding hydrogens is 406 g/mol. The van der Waals surface area contributed by atoms with Crippen LogP contribution >= 0.6 is 22.9 Å². The summed E-state index contributed by atoms with van der Waals surface area (Å²) in [6.07, 6.45) is 0. The minimum Gasteiger partial charge on any atom is -0.494 e. The van der Waals surface area contributed by atoms with E-state index in [9.17, 15) is 14.9 Å². The molecular formula is C18H16ClN3O5S. The van der Waals surface area contributed by atoms with Crippen molar-refractivity contribution in [3.63, 3.8) is 0 Å². The van der Waals surface area contributed by atoms with Crippen molar-refractivity contribution in [2.75, 3.05) is 19.0 Å². The van der Waals surface area contributed by atoms with Crippen LogP contribution in [0.4, 0.5) is 10.8 Å². The fourth-order valence-electron chi connectivity index (χ4n) is 2.59. The fraction of sp³-hybridized carbons (Fsp3) is 0.222. The summed E-state index contributed by atoms with van der Waals surface area (Å²) in [6.45, 7) is 3.50. The summed E-state index contributed by atoms with van der Waals surface area (Å²) in [7, 11) is 1.40. The predicted molar refractivity (Wildman–Crippen MR) is 108 cm³/mol. The monoisotopic (exact) mass is 421 g/mol. The maximum atomic E-state index is 12.2. The van der Waals surface area contributed by atoms with E-state index in [1.54, 1.807) is 12.1 Å². The van der Waals surface area contributed by atoms with Crippen LogP contribution < -0.4 is 14.8 Å². The van der Waals surface area contributed by atoms with E-state index in [0.717, 1.165) is 22.5 Å². The number of nitrogens with zero attached hydrogens (tertiary/aromatic N) is 2. The molecule has 0 bridgehead atoms. The second-order valence-corrected chi connectivity index (χ2v) is 7.39. The zero-order valence-electron chi connectivity index (χ0n) is 15.2. The molecule has 1 N–H and O–H groups in total. The minimum absolute atomic E-state index is 0.109. The number of methoxy groups -OCH3 is 1. The molecule has 0 atom stereocenters. The Labute approximate surface area is 169 Å². The molecule has 1 aromatic heterocycles. The summed E-state index contributed by atoms with van der Waals surface area (Å²) in [6, 6.07) is 6.19. The topological polar surface area (TPSA) is 104 Å². The first-order valence-electron chi connectivity index (χ1n) is 8.11. The van der Waals surface area contributed by atoms with Crippen molar-refractivity contribution >= 4 is 49.9 Å². The normalized spacial score (nSPS) is 10.7. The maximum absolute atomic E-state index is 12.2. The van der Waals surface area contributed by atoms with Gasteiger partial charge in [0.2, 0.25) is 0 Å². The molecule has 0 aliphatic heterocycles. The van der Waals surface area contributed by atoms with E-state index in [1.807, 2.05) is 13.8 Å². The van der Waals surface area contributed by atoms with Crippen molar-refractivity contribution in [1.82, 2.24) is 4.98 Å². The third-order valence-corrected chi connectivity index (χ3v) is 5.42. The number of anilines is 1. The van der Waals surface area contributed by atoms with E-state index in [4.69, 9.17) is 21.1 Å². The number of benzene rings is 2. The van der Waals surface area contributed by atoms with E-state index in [1.165, 1.54) is 19.2 Å². The Kier molecular flexibility index (Phi) is 5.66. The van der Waals surface area contributed by atoms with Crippen molar-refractivity contribution in [1.29, 1.82) is 0 Å². The highest BCUT2D eigenvalue weighted by atomic mass is 35.5. The largest absolute Gasteiger partial charge is 0.494 e. The predicted octanol–water partition coefficient (Wildman–Crippen LogP) is 4.50.